The molecule has 1 saturated heterocycles. The maximum atomic E-state index is 12.6. The van der Waals surface area contributed by atoms with Gasteiger partial charge in [-0.15, -0.1) is 0 Å². The number of hydrogen-bond donors (Lipinski definition) is 1. The molecule has 120 valence electrons. The highest BCUT2D eigenvalue weighted by molar-refractivity contribution is 9.10. The summed E-state index contributed by atoms with van der Waals surface area (Å²) in [4.78, 5) is 25.0. The van der Waals surface area contributed by atoms with E-state index in [9.17, 15) is 9.59 Å². The fourth-order valence-electron chi connectivity index (χ4n) is 2.19. The van der Waals surface area contributed by atoms with Crippen LogP contribution in [0.4, 0.5) is 0 Å². The second-order valence-electron chi connectivity index (χ2n) is 5.29. The zero-order chi connectivity index (χ0) is 16.3. The van der Waals surface area contributed by atoms with Crippen molar-refractivity contribution in [1.29, 1.82) is 0 Å². The average Bonchev–Trinajstić information content (AvgIpc) is 2.45. The van der Waals surface area contributed by atoms with Crippen molar-refractivity contribution >= 4 is 27.8 Å². The normalized spacial score (nSPS) is 18.4. The summed E-state index contributed by atoms with van der Waals surface area (Å²) in [6.07, 6.45) is -0.978. The SMILES string of the molecule is CC(C)Oc1cc(Br)cc(C(=O)N2CCO[C@@H](C(=O)O)C2)c1. The van der Waals surface area contributed by atoms with Crippen LogP contribution in [0.1, 0.15) is 24.2 Å². The van der Waals surface area contributed by atoms with E-state index in [1.165, 1.54) is 4.90 Å². The predicted molar refractivity (Wildman–Crippen MR) is 83.2 cm³/mol. The highest BCUT2D eigenvalue weighted by Gasteiger charge is 2.29. The Kier molecular flexibility index (Phi) is 5.42. The molecule has 1 aromatic carbocycles. The van der Waals surface area contributed by atoms with Crippen LogP contribution in [0.5, 0.6) is 5.75 Å². The number of carboxylic acids is 1. The summed E-state index contributed by atoms with van der Waals surface area (Å²) in [5.74, 6) is -0.698. The summed E-state index contributed by atoms with van der Waals surface area (Å²) >= 11 is 3.36. The number of rotatable bonds is 4. The van der Waals surface area contributed by atoms with Crippen LogP contribution in [0.2, 0.25) is 0 Å². The lowest BCUT2D eigenvalue weighted by atomic mass is 10.1. The number of carbonyl (C=O) groups excluding carboxylic acids is 1. The molecule has 1 aliphatic heterocycles. The van der Waals surface area contributed by atoms with Gasteiger partial charge in [0.1, 0.15) is 5.75 Å². The van der Waals surface area contributed by atoms with Crippen LogP contribution in [0, 0.1) is 0 Å². The van der Waals surface area contributed by atoms with Crippen LogP contribution >= 0.6 is 15.9 Å². The first-order valence-corrected chi connectivity index (χ1v) is 7.77. The van der Waals surface area contributed by atoms with Gasteiger partial charge in [-0.2, -0.15) is 0 Å². The number of amides is 1. The van der Waals surface area contributed by atoms with Gasteiger partial charge < -0.3 is 19.5 Å². The van der Waals surface area contributed by atoms with Gasteiger partial charge in [0.15, 0.2) is 6.10 Å². The lowest BCUT2D eigenvalue weighted by Gasteiger charge is -2.31. The van der Waals surface area contributed by atoms with Gasteiger partial charge >= 0.3 is 5.97 Å². The van der Waals surface area contributed by atoms with Crippen molar-refractivity contribution in [2.75, 3.05) is 19.7 Å². The molecule has 0 aromatic heterocycles. The number of ether oxygens (including phenoxy) is 2. The van der Waals surface area contributed by atoms with E-state index in [-0.39, 0.29) is 25.2 Å². The third-order valence-electron chi connectivity index (χ3n) is 3.12. The van der Waals surface area contributed by atoms with Crippen LogP contribution < -0.4 is 4.74 Å². The van der Waals surface area contributed by atoms with Crippen LogP contribution in [0.15, 0.2) is 22.7 Å². The molecule has 1 amide bonds. The van der Waals surface area contributed by atoms with Gasteiger partial charge in [-0.25, -0.2) is 4.79 Å². The standard InChI is InChI=1S/C15H18BrNO5/c1-9(2)22-12-6-10(5-11(16)7-12)14(18)17-3-4-21-13(8-17)15(19)20/h5-7,9,13H,3-4,8H2,1-2H3,(H,19,20)/t13-/m1/s1. The fourth-order valence-corrected chi connectivity index (χ4v) is 2.66. The molecule has 0 saturated carbocycles. The van der Waals surface area contributed by atoms with E-state index in [4.69, 9.17) is 14.6 Å². The summed E-state index contributed by atoms with van der Waals surface area (Å²) in [7, 11) is 0. The summed E-state index contributed by atoms with van der Waals surface area (Å²) in [6, 6.07) is 5.15. The Morgan fingerprint density at radius 1 is 1.41 bits per heavy atom. The third kappa shape index (κ3) is 4.20. The van der Waals surface area contributed by atoms with E-state index in [1.54, 1.807) is 18.2 Å². The maximum Gasteiger partial charge on any atom is 0.334 e. The van der Waals surface area contributed by atoms with Crippen molar-refractivity contribution in [2.24, 2.45) is 0 Å². The molecule has 2 rings (SSSR count). The number of halogens is 1. The van der Waals surface area contributed by atoms with Gasteiger partial charge in [-0.1, -0.05) is 15.9 Å². The molecule has 1 aliphatic rings. The van der Waals surface area contributed by atoms with Gasteiger partial charge in [0.2, 0.25) is 0 Å². The molecule has 7 heteroatoms. The fraction of sp³-hybridized carbons (Fsp3) is 0.467. The minimum Gasteiger partial charge on any atom is -0.491 e. The molecule has 6 nitrogen and oxygen atoms in total. The van der Waals surface area contributed by atoms with Gasteiger partial charge in [0.25, 0.3) is 5.91 Å². The molecule has 1 aromatic rings. The molecule has 0 spiro atoms. The second-order valence-corrected chi connectivity index (χ2v) is 6.21. The molecule has 22 heavy (non-hydrogen) atoms. The topological polar surface area (TPSA) is 76.1 Å². The lowest BCUT2D eigenvalue weighted by molar-refractivity contribution is -0.154. The van der Waals surface area contributed by atoms with Gasteiger partial charge in [-0.3, -0.25) is 4.79 Å². The monoisotopic (exact) mass is 371 g/mol. The molecule has 0 unspecified atom stereocenters. The Bertz CT molecular complexity index is 575. The largest absolute Gasteiger partial charge is 0.491 e. The van der Waals surface area contributed by atoms with Crippen molar-refractivity contribution in [3.63, 3.8) is 0 Å². The first kappa shape index (κ1) is 16.8. The van der Waals surface area contributed by atoms with Crippen LogP contribution in [0.25, 0.3) is 0 Å². The number of aliphatic carboxylic acids is 1. The number of benzene rings is 1. The second kappa shape index (κ2) is 7.11. The number of morpholine rings is 1. The zero-order valence-electron chi connectivity index (χ0n) is 12.4. The minimum absolute atomic E-state index is 0.00275. The molecular weight excluding hydrogens is 354 g/mol. The maximum absolute atomic E-state index is 12.6. The molecule has 0 radical (unpaired) electrons. The van der Waals surface area contributed by atoms with Crippen molar-refractivity contribution in [3.8, 4) is 5.75 Å². The number of carbonyl (C=O) groups is 2. The predicted octanol–water partition coefficient (Wildman–Crippen LogP) is 2.16. The van der Waals surface area contributed by atoms with Crippen molar-refractivity contribution in [2.45, 2.75) is 26.1 Å². The van der Waals surface area contributed by atoms with Gasteiger partial charge in [0.05, 0.1) is 19.3 Å². The Labute approximate surface area is 137 Å². The zero-order valence-corrected chi connectivity index (χ0v) is 14.0. The number of nitrogens with zero attached hydrogens (tertiary/aromatic N) is 1. The molecule has 1 heterocycles. The van der Waals surface area contributed by atoms with Crippen molar-refractivity contribution < 1.29 is 24.2 Å². The summed E-state index contributed by atoms with van der Waals surface area (Å²) in [5, 5.41) is 9.01. The highest BCUT2D eigenvalue weighted by atomic mass is 79.9. The molecule has 1 atom stereocenters. The first-order valence-electron chi connectivity index (χ1n) is 6.97. The van der Waals surface area contributed by atoms with Crippen molar-refractivity contribution in [3.05, 3.63) is 28.2 Å². The lowest BCUT2D eigenvalue weighted by Crippen LogP contribution is -2.48. The Morgan fingerprint density at radius 3 is 2.77 bits per heavy atom. The minimum atomic E-state index is -1.06. The van der Waals surface area contributed by atoms with E-state index >= 15 is 0 Å². The number of carboxylic acid groups (broad SMARTS) is 1. The molecule has 1 N–H and O–H groups in total. The van der Waals surface area contributed by atoms with Crippen LogP contribution in [-0.4, -0.2) is 53.8 Å². The molecule has 1 fully saturated rings. The van der Waals surface area contributed by atoms with E-state index in [1.807, 2.05) is 13.8 Å². The van der Waals surface area contributed by atoms with Gasteiger partial charge in [-0.05, 0) is 32.0 Å². The summed E-state index contributed by atoms with van der Waals surface area (Å²) < 4.78 is 11.5. The molecule has 0 bridgehead atoms. The summed E-state index contributed by atoms with van der Waals surface area (Å²) in [6.45, 7) is 4.44. The first-order chi connectivity index (χ1) is 10.4. The summed E-state index contributed by atoms with van der Waals surface area (Å²) in [5.41, 5.74) is 0.455. The van der Waals surface area contributed by atoms with Crippen molar-refractivity contribution in [1.82, 2.24) is 4.90 Å². The smallest absolute Gasteiger partial charge is 0.334 e. The molecular formula is C15H18BrNO5. The highest BCUT2D eigenvalue weighted by Crippen LogP contribution is 2.24. The quantitative estimate of drug-likeness (QED) is 0.877. The van der Waals surface area contributed by atoms with E-state index < -0.39 is 12.1 Å². The van der Waals surface area contributed by atoms with E-state index in [0.29, 0.717) is 17.9 Å². The van der Waals surface area contributed by atoms with Crippen LogP contribution in [0.3, 0.4) is 0 Å². The Morgan fingerprint density at radius 2 is 2.14 bits per heavy atom. The van der Waals surface area contributed by atoms with E-state index in [0.717, 1.165) is 4.47 Å². The van der Waals surface area contributed by atoms with Crippen LogP contribution in [-0.2, 0) is 9.53 Å². The van der Waals surface area contributed by atoms with Gasteiger partial charge in [0, 0.05) is 16.6 Å². The third-order valence-corrected chi connectivity index (χ3v) is 3.58. The Balaban J connectivity index is 2.18. The Hall–Kier alpha value is -1.60. The number of hydrogen-bond acceptors (Lipinski definition) is 4. The van der Waals surface area contributed by atoms with E-state index in [2.05, 4.69) is 15.9 Å². The average molecular weight is 372 g/mol. The molecule has 0 aliphatic carbocycles.